The summed E-state index contributed by atoms with van der Waals surface area (Å²) in [6, 6.07) is 5.30. The van der Waals surface area contributed by atoms with Gasteiger partial charge in [0.15, 0.2) is 0 Å². The van der Waals surface area contributed by atoms with Crippen LogP contribution >= 0.6 is 15.9 Å². The number of nitro groups is 1. The van der Waals surface area contributed by atoms with Gasteiger partial charge in [-0.3, -0.25) is 14.8 Å². The minimum absolute atomic E-state index is 0.163. The van der Waals surface area contributed by atoms with E-state index in [0.717, 1.165) is 12.1 Å². The van der Waals surface area contributed by atoms with Crippen molar-refractivity contribution in [3.63, 3.8) is 0 Å². The minimum atomic E-state index is -4.08. The monoisotopic (exact) mass is 375 g/mol. The lowest BCUT2D eigenvalue weighted by Gasteiger charge is -2.09. The number of aromatic nitrogens is 1. The smallest absolute Gasteiger partial charge is 0.277 e. The van der Waals surface area contributed by atoms with Gasteiger partial charge in [-0.2, -0.15) is 4.39 Å². The van der Waals surface area contributed by atoms with Crippen LogP contribution in [0, 0.1) is 15.9 Å². The number of hydrogen-bond donors (Lipinski definition) is 1. The summed E-state index contributed by atoms with van der Waals surface area (Å²) in [6.45, 7) is 0. The van der Waals surface area contributed by atoms with E-state index in [4.69, 9.17) is 0 Å². The summed E-state index contributed by atoms with van der Waals surface area (Å²) in [6.07, 6.45) is 1.45. The van der Waals surface area contributed by atoms with E-state index in [2.05, 4.69) is 25.6 Å². The molecule has 0 fully saturated rings. The maximum Gasteiger partial charge on any atom is 0.304 e. The fourth-order valence-corrected chi connectivity index (χ4v) is 3.03. The van der Waals surface area contributed by atoms with E-state index < -0.39 is 31.3 Å². The van der Waals surface area contributed by atoms with Crippen molar-refractivity contribution in [3.8, 4) is 0 Å². The van der Waals surface area contributed by atoms with Gasteiger partial charge in [0.05, 0.1) is 15.5 Å². The largest absolute Gasteiger partial charge is 0.304 e. The lowest BCUT2D eigenvalue weighted by atomic mass is 10.3. The molecule has 0 bridgehead atoms. The predicted molar refractivity (Wildman–Crippen MR) is 75.8 cm³/mol. The van der Waals surface area contributed by atoms with Crippen molar-refractivity contribution in [2.75, 3.05) is 4.72 Å². The van der Waals surface area contributed by atoms with Gasteiger partial charge < -0.3 is 0 Å². The standard InChI is InChI=1S/C11H7BrFN3O4S/c12-11-9(2-1-5-14-11)15-21(19,20)7-3-4-10(16(17)18)8(13)6-7/h1-6,15H. The Bertz CT molecular complexity index is 813. The van der Waals surface area contributed by atoms with Crippen molar-refractivity contribution in [2.45, 2.75) is 4.90 Å². The molecule has 1 heterocycles. The van der Waals surface area contributed by atoms with E-state index in [0.29, 0.717) is 6.07 Å². The summed E-state index contributed by atoms with van der Waals surface area (Å²) in [4.78, 5) is 13.0. The molecule has 0 radical (unpaired) electrons. The average molecular weight is 376 g/mol. The molecule has 21 heavy (non-hydrogen) atoms. The van der Waals surface area contributed by atoms with Crippen LogP contribution in [0.2, 0.25) is 0 Å². The van der Waals surface area contributed by atoms with Crippen LogP contribution in [0.3, 0.4) is 0 Å². The number of pyridine rings is 1. The number of nitrogens with one attached hydrogen (secondary N) is 1. The fraction of sp³-hybridized carbons (Fsp3) is 0. The van der Waals surface area contributed by atoms with Crippen LogP contribution in [-0.4, -0.2) is 18.3 Å². The van der Waals surface area contributed by atoms with E-state index in [1.807, 2.05) is 0 Å². The number of sulfonamides is 1. The molecule has 0 aliphatic heterocycles. The molecule has 110 valence electrons. The van der Waals surface area contributed by atoms with Crippen molar-refractivity contribution in [1.29, 1.82) is 0 Å². The Morgan fingerprint density at radius 2 is 2.05 bits per heavy atom. The normalized spacial score (nSPS) is 11.1. The second kappa shape index (κ2) is 5.74. The van der Waals surface area contributed by atoms with Gasteiger partial charge in [-0.1, -0.05) is 0 Å². The number of anilines is 1. The maximum atomic E-state index is 13.5. The summed E-state index contributed by atoms with van der Waals surface area (Å²) in [5, 5.41) is 10.5. The molecule has 0 amide bonds. The van der Waals surface area contributed by atoms with Crippen molar-refractivity contribution in [3.05, 3.63) is 57.1 Å². The Morgan fingerprint density at radius 1 is 1.33 bits per heavy atom. The van der Waals surface area contributed by atoms with Crippen LogP contribution < -0.4 is 4.72 Å². The van der Waals surface area contributed by atoms with Gasteiger partial charge in [0, 0.05) is 18.3 Å². The summed E-state index contributed by atoms with van der Waals surface area (Å²) >= 11 is 3.07. The molecule has 0 atom stereocenters. The molecule has 2 aromatic rings. The second-order valence-corrected chi connectivity index (χ2v) is 6.25. The van der Waals surface area contributed by atoms with Gasteiger partial charge in [-0.05, 0) is 34.1 Å². The highest BCUT2D eigenvalue weighted by Gasteiger charge is 2.21. The van der Waals surface area contributed by atoms with Gasteiger partial charge in [0.2, 0.25) is 5.82 Å². The summed E-state index contributed by atoms with van der Waals surface area (Å²) in [5.41, 5.74) is -0.632. The van der Waals surface area contributed by atoms with Gasteiger partial charge in [-0.25, -0.2) is 13.4 Å². The van der Waals surface area contributed by atoms with E-state index in [1.54, 1.807) is 0 Å². The molecule has 1 N–H and O–H groups in total. The lowest BCUT2D eigenvalue weighted by Crippen LogP contribution is -2.14. The molecule has 0 aliphatic rings. The van der Waals surface area contributed by atoms with Crippen molar-refractivity contribution >= 4 is 37.3 Å². The number of hydrogen-bond acceptors (Lipinski definition) is 5. The maximum absolute atomic E-state index is 13.5. The van der Waals surface area contributed by atoms with E-state index in [9.17, 15) is 22.9 Å². The molecule has 7 nitrogen and oxygen atoms in total. The predicted octanol–water partition coefficient (Wildman–Crippen LogP) is 2.69. The number of benzene rings is 1. The van der Waals surface area contributed by atoms with E-state index in [1.165, 1.54) is 18.3 Å². The molecule has 1 aromatic heterocycles. The SMILES string of the molecule is O=[N+]([O-])c1ccc(S(=O)(=O)Nc2cccnc2Br)cc1F. The third-order valence-electron chi connectivity index (χ3n) is 2.43. The Morgan fingerprint density at radius 3 is 2.62 bits per heavy atom. The first kappa shape index (κ1) is 15.3. The third-order valence-corrected chi connectivity index (χ3v) is 4.42. The fourth-order valence-electron chi connectivity index (χ4n) is 1.47. The molecule has 0 aliphatic carbocycles. The highest BCUT2D eigenvalue weighted by atomic mass is 79.9. The zero-order valence-corrected chi connectivity index (χ0v) is 12.6. The number of rotatable bonds is 4. The third kappa shape index (κ3) is 3.34. The molecule has 0 saturated carbocycles. The Labute approximate surface area is 127 Å². The average Bonchev–Trinajstić information content (AvgIpc) is 2.40. The zero-order chi connectivity index (χ0) is 15.6. The summed E-state index contributed by atoms with van der Waals surface area (Å²) in [7, 11) is -4.08. The van der Waals surface area contributed by atoms with E-state index in [-0.39, 0.29) is 10.3 Å². The minimum Gasteiger partial charge on any atom is -0.277 e. The van der Waals surface area contributed by atoms with Crippen LogP contribution in [0.5, 0.6) is 0 Å². The molecule has 0 saturated heterocycles. The molecule has 0 spiro atoms. The van der Waals surface area contributed by atoms with Crippen molar-refractivity contribution in [1.82, 2.24) is 4.98 Å². The molecule has 0 unspecified atom stereocenters. The number of halogens is 2. The van der Waals surface area contributed by atoms with Gasteiger partial charge in [0.25, 0.3) is 10.0 Å². The highest BCUT2D eigenvalue weighted by Crippen LogP contribution is 2.25. The lowest BCUT2D eigenvalue weighted by molar-refractivity contribution is -0.387. The highest BCUT2D eigenvalue weighted by molar-refractivity contribution is 9.10. The first-order valence-corrected chi connectivity index (χ1v) is 7.66. The number of nitrogens with zero attached hydrogens (tertiary/aromatic N) is 2. The Hall–Kier alpha value is -2.07. The first-order chi connectivity index (χ1) is 9.81. The Balaban J connectivity index is 2.39. The van der Waals surface area contributed by atoms with Gasteiger partial charge in [-0.15, -0.1) is 0 Å². The molecule has 2 rings (SSSR count). The van der Waals surface area contributed by atoms with Gasteiger partial charge in [0.1, 0.15) is 4.60 Å². The summed E-state index contributed by atoms with van der Waals surface area (Å²) in [5.74, 6) is -1.23. The second-order valence-electron chi connectivity index (χ2n) is 3.82. The zero-order valence-electron chi connectivity index (χ0n) is 10.2. The van der Waals surface area contributed by atoms with Crippen molar-refractivity contribution in [2.24, 2.45) is 0 Å². The molecular weight excluding hydrogens is 369 g/mol. The summed E-state index contributed by atoms with van der Waals surface area (Å²) < 4.78 is 40.1. The van der Waals surface area contributed by atoms with Crippen molar-refractivity contribution < 1.29 is 17.7 Å². The van der Waals surface area contributed by atoms with Crippen LogP contribution in [0.25, 0.3) is 0 Å². The van der Waals surface area contributed by atoms with E-state index >= 15 is 0 Å². The van der Waals surface area contributed by atoms with Gasteiger partial charge >= 0.3 is 5.69 Å². The first-order valence-electron chi connectivity index (χ1n) is 5.38. The van der Waals surface area contributed by atoms with Crippen LogP contribution in [0.4, 0.5) is 15.8 Å². The Kier molecular flexibility index (Phi) is 4.19. The molecular formula is C11H7BrFN3O4S. The molecule has 1 aromatic carbocycles. The number of nitro benzene ring substituents is 1. The quantitative estimate of drug-likeness (QED) is 0.502. The van der Waals surface area contributed by atoms with Crippen LogP contribution in [0.15, 0.2) is 46.0 Å². The van der Waals surface area contributed by atoms with Crippen LogP contribution in [0.1, 0.15) is 0 Å². The topological polar surface area (TPSA) is 102 Å². The molecule has 10 heteroatoms. The van der Waals surface area contributed by atoms with Crippen LogP contribution in [-0.2, 0) is 10.0 Å².